The molecule has 2 atom stereocenters. The van der Waals surface area contributed by atoms with Crippen molar-refractivity contribution >= 4 is 24.5 Å². The number of nitriles is 1. The van der Waals surface area contributed by atoms with Crippen molar-refractivity contribution in [3.63, 3.8) is 0 Å². The monoisotopic (exact) mass is 290 g/mol. The summed E-state index contributed by atoms with van der Waals surface area (Å²) in [7, 11) is 0. The fourth-order valence-electron chi connectivity index (χ4n) is 2.34. The number of likely N-dealkylation sites (tertiary alicyclic amines) is 1. The van der Waals surface area contributed by atoms with E-state index in [-0.39, 0.29) is 24.0 Å². The predicted molar refractivity (Wildman–Crippen MR) is 75.4 cm³/mol. The third-order valence-corrected chi connectivity index (χ3v) is 3.63. The molecule has 1 N–H and O–H groups in total. The van der Waals surface area contributed by atoms with Crippen molar-refractivity contribution in [2.75, 3.05) is 6.54 Å². The summed E-state index contributed by atoms with van der Waals surface area (Å²) in [6.45, 7) is 0.344. The Balaban J connectivity index is 2.20. The molecular formula is C14H14N2O3S. The van der Waals surface area contributed by atoms with E-state index >= 15 is 0 Å². The summed E-state index contributed by atoms with van der Waals surface area (Å²) >= 11 is 4.23. The molecule has 20 heavy (non-hydrogen) atoms. The minimum absolute atomic E-state index is 0.116. The highest BCUT2D eigenvalue weighted by atomic mass is 32.1. The second-order valence-corrected chi connectivity index (χ2v) is 5.50. The van der Waals surface area contributed by atoms with Crippen LogP contribution >= 0.6 is 12.6 Å². The molecule has 5 nitrogen and oxygen atoms in total. The molecule has 1 amide bonds. The molecule has 104 valence electrons. The molecule has 0 saturated carbocycles. The van der Waals surface area contributed by atoms with Crippen LogP contribution in [0.5, 0.6) is 0 Å². The molecule has 1 saturated heterocycles. The van der Waals surface area contributed by atoms with Gasteiger partial charge in [0.1, 0.15) is 6.04 Å². The van der Waals surface area contributed by atoms with Crippen LogP contribution in [-0.2, 0) is 16.0 Å². The zero-order valence-electron chi connectivity index (χ0n) is 10.7. The number of nitrogens with zero attached hydrogens (tertiary/aromatic N) is 2. The number of carbonyl (C=O) groups excluding carboxylic acids is 1. The van der Waals surface area contributed by atoms with E-state index in [1.54, 1.807) is 24.3 Å². The maximum absolute atomic E-state index is 11.8. The summed E-state index contributed by atoms with van der Waals surface area (Å²) in [5, 5.41) is 18.1. The minimum Gasteiger partial charge on any atom is -0.480 e. The third kappa shape index (κ3) is 3.11. The maximum atomic E-state index is 11.8. The molecule has 1 aromatic carbocycles. The van der Waals surface area contributed by atoms with Crippen molar-refractivity contribution in [2.45, 2.75) is 24.1 Å². The standard InChI is InChI=1S/C14H14N2O3S/c15-7-10-3-1-2-9(4-10)5-12(14(18)19)16-8-11(20)6-13(16)17/h1-4,11-12,20H,5-6,8H2,(H,18,19)/t11?,12-/m0/s1. The SMILES string of the molecule is N#Cc1cccc(C[C@@H](C(=O)O)N2CC(S)CC2=O)c1. The summed E-state index contributed by atoms with van der Waals surface area (Å²) in [6, 6.07) is 7.88. The Morgan fingerprint density at radius 1 is 1.60 bits per heavy atom. The number of amides is 1. The summed E-state index contributed by atoms with van der Waals surface area (Å²) < 4.78 is 0. The molecule has 0 bridgehead atoms. The average molecular weight is 290 g/mol. The van der Waals surface area contributed by atoms with Crippen LogP contribution < -0.4 is 0 Å². The quantitative estimate of drug-likeness (QED) is 0.813. The molecule has 1 aliphatic heterocycles. The van der Waals surface area contributed by atoms with Crippen molar-refractivity contribution < 1.29 is 14.7 Å². The number of carboxylic acids is 1. The first-order valence-corrected chi connectivity index (χ1v) is 6.72. The molecule has 0 radical (unpaired) electrons. The topological polar surface area (TPSA) is 81.4 Å². The highest BCUT2D eigenvalue weighted by molar-refractivity contribution is 7.81. The van der Waals surface area contributed by atoms with Crippen LogP contribution in [0.1, 0.15) is 17.5 Å². The molecule has 0 aromatic heterocycles. The number of aliphatic carboxylic acids is 1. The van der Waals surface area contributed by atoms with Gasteiger partial charge in [0.05, 0.1) is 11.6 Å². The number of benzene rings is 1. The zero-order chi connectivity index (χ0) is 14.7. The first-order valence-electron chi connectivity index (χ1n) is 6.20. The van der Waals surface area contributed by atoms with Crippen molar-refractivity contribution in [2.24, 2.45) is 0 Å². The van der Waals surface area contributed by atoms with Crippen LogP contribution in [0, 0.1) is 11.3 Å². The Kier molecular flexibility index (Phi) is 4.30. The second kappa shape index (κ2) is 5.97. The van der Waals surface area contributed by atoms with Gasteiger partial charge in [-0.3, -0.25) is 4.79 Å². The van der Waals surface area contributed by atoms with Gasteiger partial charge in [0.25, 0.3) is 0 Å². The molecule has 2 rings (SSSR count). The Bertz CT molecular complexity index is 582. The van der Waals surface area contributed by atoms with Gasteiger partial charge in [0.15, 0.2) is 0 Å². The van der Waals surface area contributed by atoms with E-state index < -0.39 is 12.0 Å². The Morgan fingerprint density at radius 3 is 2.90 bits per heavy atom. The predicted octanol–water partition coefficient (Wildman–Crippen LogP) is 1.08. The van der Waals surface area contributed by atoms with Crippen LogP contribution in [-0.4, -0.2) is 39.7 Å². The summed E-state index contributed by atoms with van der Waals surface area (Å²) in [5.74, 6) is -1.23. The van der Waals surface area contributed by atoms with Crippen LogP contribution in [0.25, 0.3) is 0 Å². The van der Waals surface area contributed by atoms with E-state index in [0.717, 1.165) is 5.56 Å². The van der Waals surface area contributed by atoms with E-state index in [4.69, 9.17) is 5.26 Å². The van der Waals surface area contributed by atoms with Crippen molar-refractivity contribution in [3.8, 4) is 6.07 Å². The Labute approximate surface area is 122 Å². The van der Waals surface area contributed by atoms with Crippen LogP contribution in [0.3, 0.4) is 0 Å². The molecule has 0 aliphatic carbocycles. The van der Waals surface area contributed by atoms with Gasteiger partial charge in [-0.2, -0.15) is 17.9 Å². The van der Waals surface area contributed by atoms with Crippen molar-refractivity contribution in [1.29, 1.82) is 5.26 Å². The average Bonchev–Trinajstić information content (AvgIpc) is 2.74. The number of rotatable bonds is 4. The molecule has 1 aromatic rings. The van der Waals surface area contributed by atoms with Crippen LogP contribution in [0.2, 0.25) is 0 Å². The van der Waals surface area contributed by atoms with Crippen molar-refractivity contribution in [3.05, 3.63) is 35.4 Å². The van der Waals surface area contributed by atoms with Gasteiger partial charge in [-0.15, -0.1) is 0 Å². The number of carbonyl (C=O) groups is 2. The van der Waals surface area contributed by atoms with E-state index in [1.807, 2.05) is 6.07 Å². The molecule has 1 aliphatic rings. The number of carboxylic acid groups (broad SMARTS) is 1. The normalized spacial score (nSPS) is 19.7. The highest BCUT2D eigenvalue weighted by Crippen LogP contribution is 2.21. The van der Waals surface area contributed by atoms with E-state index in [2.05, 4.69) is 12.6 Å². The third-order valence-electron chi connectivity index (χ3n) is 3.28. The first-order chi connectivity index (χ1) is 9.51. The first kappa shape index (κ1) is 14.4. The summed E-state index contributed by atoms with van der Waals surface area (Å²) in [4.78, 5) is 24.6. The zero-order valence-corrected chi connectivity index (χ0v) is 11.6. The summed E-state index contributed by atoms with van der Waals surface area (Å²) in [6.07, 6.45) is 0.461. The number of thiol groups is 1. The highest BCUT2D eigenvalue weighted by Gasteiger charge is 2.36. The molecule has 1 unspecified atom stereocenters. The van der Waals surface area contributed by atoms with E-state index in [1.165, 1.54) is 4.90 Å². The van der Waals surface area contributed by atoms with Gasteiger partial charge in [-0.25, -0.2) is 4.79 Å². The summed E-state index contributed by atoms with van der Waals surface area (Å²) in [5.41, 5.74) is 1.21. The molecule has 1 heterocycles. The van der Waals surface area contributed by atoms with E-state index in [9.17, 15) is 14.7 Å². The molecule has 1 fully saturated rings. The van der Waals surface area contributed by atoms with Crippen LogP contribution in [0.15, 0.2) is 24.3 Å². The smallest absolute Gasteiger partial charge is 0.326 e. The van der Waals surface area contributed by atoms with Gasteiger partial charge in [-0.05, 0) is 17.7 Å². The Hall–Kier alpha value is -2.00. The number of hydrogen-bond donors (Lipinski definition) is 2. The van der Waals surface area contributed by atoms with Gasteiger partial charge in [-0.1, -0.05) is 12.1 Å². The van der Waals surface area contributed by atoms with Gasteiger partial charge in [0, 0.05) is 24.6 Å². The van der Waals surface area contributed by atoms with Crippen LogP contribution in [0.4, 0.5) is 0 Å². The number of hydrogen-bond acceptors (Lipinski definition) is 4. The van der Waals surface area contributed by atoms with E-state index in [0.29, 0.717) is 12.1 Å². The fourth-order valence-corrected chi connectivity index (χ4v) is 2.67. The molecule has 6 heteroatoms. The molecular weight excluding hydrogens is 276 g/mol. The molecule has 0 spiro atoms. The van der Waals surface area contributed by atoms with Gasteiger partial charge < -0.3 is 10.0 Å². The lowest BCUT2D eigenvalue weighted by Gasteiger charge is -2.24. The Morgan fingerprint density at radius 2 is 2.35 bits per heavy atom. The lowest BCUT2D eigenvalue weighted by atomic mass is 10.0. The fraction of sp³-hybridized carbons (Fsp3) is 0.357. The van der Waals surface area contributed by atoms with Gasteiger partial charge in [0.2, 0.25) is 5.91 Å². The lowest BCUT2D eigenvalue weighted by molar-refractivity contribution is -0.148. The van der Waals surface area contributed by atoms with Gasteiger partial charge >= 0.3 is 5.97 Å². The second-order valence-electron chi connectivity index (χ2n) is 4.77. The maximum Gasteiger partial charge on any atom is 0.326 e. The minimum atomic E-state index is -1.04. The lowest BCUT2D eigenvalue weighted by Crippen LogP contribution is -2.43. The van der Waals surface area contributed by atoms with Crippen molar-refractivity contribution in [1.82, 2.24) is 4.90 Å². The largest absolute Gasteiger partial charge is 0.480 e.